The van der Waals surface area contributed by atoms with Gasteiger partial charge in [-0.05, 0) is 73.2 Å². The quantitative estimate of drug-likeness (QED) is 0.395. The van der Waals surface area contributed by atoms with Crippen molar-refractivity contribution in [1.82, 2.24) is 10.2 Å². The minimum atomic E-state index is -4.18. The van der Waals surface area contributed by atoms with Crippen LogP contribution in [-0.4, -0.2) is 51.9 Å². The number of carbonyl (C=O) groups is 2. The molecule has 0 unspecified atom stereocenters. The van der Waals surface area contributed by atoms with E-state index in [0.29, 0.717) is 15.8 Å². The van der Waals surface area contributed by atoms with Crippen LogP contribution in [0.15, 0.2) is 77.7 Å². The highest BCUT2D eigenvalue weighted by Gasteiger charge is 2.32. The standard InChI is InChI=1S/C26H27Cl2N3O5S/c1-18(26(33)29-2)30(16-19-4-6-20(27)7-5-19)25(32)17-31(22-10-8-21(28)9-11-22)37(34,35)24-14-12-23(36-3)13-15-24/h4-15,18H,16-17H2,1-3H3,(H,29,33)/t18-/m1/s1. The Labute approximate surface area is 226 Å². The molecule has 0 fully saturated rings. The van der Waals surface area contributed by atoms with Crippen molar-refractivity contribution in [2.45, 2.75) is 24.4 Å². The molecule has 1 N–H and O–H groups in total. The molecular weight excluding hydrogens is 537 g/mol. The summed E-state index contributed by atoms with van der Waals surface area (Å²) in [6.07, 6.45) is 0. The Morgan fingerprint density at radius 3 is 1.97 bits per heavy atom. The van der Waals surface area contributed by atoms with E-state index >= 15 is 0 Å². The Morgan fingerprint density at radius 1 is 0.919 bits per heavy atom. The lowest BCUT2D eigenvalue weighted by molar-refractivity contribution is -0.139. The molecule has 0 aromatic heterocycles. The zero-order valence-corrected chi connectivity index (χ0v) is 22.8. The largest absolute Gasteiger partial charge is 0.497 e. The van der Waals surface area contributed by atoms with Crippen LogP contribution >= 0.6 is 23.2 Å². The smallest absolute Gasteiger partial charge is 0.264 e. The second-order valence-corrected chi connectivity index (χ2v) is 10.8. The monoisotopic (exact) mass is 563 g/mol. The number of benzene rings is 3. The van der Waals surface area contributed by atoms with Crippen LogP contribution in [0.5, 0.6) is 5.75 Å². The molecular formula is C26H27Cl2N3O5S. The Morgan fingerprint density at radius 2 is 1.46 bits per heavy atom. The van der Waals surface area contributed by atoms with Gasteiger partial charge in [0, 0.05) is 23.6 Å². The molecule has 8 nitrogen and oxygen atoms in total. The van der Waals surface area contributed by atoms with Gasteiger partial charge in [0.15, 0.2) is 0 Å². The van der Waals surface area contributed by atoms with Gasteiger partial charge in [-0.1, -0.05) is 35.3 Å². The second kappa shape index (κ2) is 12.3. The molecule has 0 aliphatic rings. The SMILES string of the molecule is CNC(=O)[C@@H](C)N(Cc1ccc(Cl)cc1)C(=O)CN(c1ccc(Cl)cc1)S(=O)(=O)c1ccc(OC)cc1. The molecule has 1 atom stereocenters. The Bertz CT molecular complexity index is 1330. The van der Waals surface area contributed by atoms with Crippen LogP contribution < -0.4 is 14.4 Å². The zero-order valence-electron chi connectivity index (χ0n) is 20.5. The van der Waals surface area contributed by atoms with Gasteiger partial charge in [-0.3, -0.25) is 13.9 Å². The minimum Gasteiger partial charge on any atom is -0.497 e. The molecule has 0 saturated heterocycles. The molecule has 37 heavy (non-hydrogen) atoms. The number of halogens is 2. The van der Waals surface area contributed by atoms with Crippen molar-refractivity contribution in [3.8, 4) is 5.75 Å². The number of amides is 2. The number of methoxy groups -OCH3 is 1. The summed E-state index contributed by atoms with van der Waals surface area (Å²) in [6, 6.07) is 17.9. The fourth-order valence-electron chi connectivity index (χ4n) is 3.59. The fourth-order valence-corrected chi connectivity index (χ4v) is 5.26. The Balaban J connectivity index is 2.01. The van der Waals surface area contributed by atoms with Gasteiger partial charge in [0.25, 0.3) is 10.0 Å². The van der Waals surface area contributed by atoms with Gasteiger partial charge < -0.3 is 15.0 Å². The van der Waals surface area contributed by atoms with E-state index in [9.17, 15) is 18.0 Å². The molecule has 3 aromatic carbocycles. The second-order valence-electron chi connectivity index (χ2n) is 8.10. The van der Waals surface area contributed by atoms with Crippen LogP contribution in [0.4, 0.5) is 5.69 Å². The van der Waals surface area contributed by atoms with E-state index < -0.39 is 34.4 Å². The first-order valence-corrected chi connectivity index (χ1v) is 13.4. The number of hydrogen-bond acceptors (Lipinski definition) is 5. The van der Waals surface area contributed by atoms with Gasteiger partial charge in [-0.15, -0.1) is 0 Å². The van der Waals surface area contributed by atoms with Gasteiger partial charge in [0.05, 0.1) is 17.7 Å². The van der Waals surface area contributed by atoms with Crippen LogP contribution in [0.25, 0.3) is 0 Å². The molecule has 0 spiro atoms. The number of hydrogen-bond donors (Lipinski definition) is 1. The summed E-state index contributed by atoms with van der Waals surface area (Å²) in [4.78, 5) is 27.5. The molecule has 0 radical (unpaired) electrons. The third kappa shape index (κ3) is 6.94. The molecule has 0 aliphatic carbocycles. The number of likely N-dealkylation sites (N-methyl/N-ethyl adjacent to an activating group) is 1. The number of ether oxygens (including phenoxy) is 1. The summed E-state index contributed by atoms with van der Waals surface area (Å²) < 4.78 is 33.6. The van der Waals surface area contributed by atoms with Gasteiger partial charge in [0.2, 0.25) is 11.8 Å². The normalized spacial score (nSPS) is 11.9. The molecule has 11 heteroatoms. The molecule has 0 saturated carbocycles. The highest BCUT2D eigenvalue weighted by Crippen LogP contribution is 2.27. The Kier molecular flexibility index (Phi) is 9.42. The summed E-state index contributed by atoms with van der Waals surface area (Å²) >= 11 is 12.0. The van der Waals surface area contributed by atoms with Gasteiger partial charge >= 0.3 is 0 Å². The van der Waals surface area contributed by atoms with Crippen molar-refractivity contribution >= 4 is 50.7 Å². The topological polar surface area (TPSA) is 96.0 Å². The molecule has 0 aliphatic heterocycles. The van der Waals surface area contributed by atoms with Crippen LogP contribution in [0.1, 0.15) is 12.5 Å². The maximum absolute atomic E-state index is 13.7. The van der Waals surface area contributed by atoms with Crippen LogP contribution in [0, 0.1) is 0 Å². The molecule has 2 amide bonds. The van der Waals surface area contributed by atoms with Gasteiger partial charge in [-0.2, -0.15) is 0 Å². The maximum atomic E-state index is 13.7. The van der Waals surface area contributed by atoms with E-state index in [1.807, 2.05) is 0 Å². The van der Waals surface area contributed by atoms with Gasteiger partial charge in [0.1, 0.15) is 18.3 Å². The third-order valence-corrected chi connectivity index (χ3v) is 8.01. The summed E-state index contributed by atoms with van der Waals surface area (Å²) in [5, 5.41) is 3.48. The predicted molar refractivity (Wildman–Crippen MR) is 145 cm³/mol. The van der Waals surface area contributed by atoms with Crippen LogP contribution in [0.2, 0.25) is 10.0 Å². The average molecular weight is 564 g/mol. The third-order valence-electron chi connectivity index (χ3n) is 5.72. The fraction of sp³-hybridized carbons (Fsp3) is 0.231. The lowest BCUT2D eigenvalue weighted by Gasteiger charge is -2.31. The Hall–Kier alpha value is -3.27. The minimum absolute atomic E-state index is 0.0281. The molecule has 0 heterocycles. The molecule has 196 valence electrons. The number of sulfonamides is 1. The summed E-state index contributed by atoms with van der Waals surface area (Å²) in [5.74, 6) is -0.474. The lowest BCUT2D eigenvalue weighted by atomic mass is 10.1. The van der Waals surface area contributed by atoms with Crippen molar-refractivity contribution in [2.24, 2.45) is 0 Å². The van der Waals surface area contributed by atoms with E-state index in [1.54, 1.807) is 31.2 Å². The zero-order chi connectivity index (χ0) is 27.2. The van der Waals surface area contributed by atoms with E-state index in [4.69, 9.17) is 27.9 Å². The highest BCUT2D eigenvalue weighted by molar-refractivity contribution is 7.92. The van der Waals surface area contributed by atoms with Crippen molar-refractivity contribution in [3.05, 3.63) is 88.4 Å². The average Bonchev–Trinajstić information content (AvgIpc) is 2.91. The number of nitrogens with zero attached hydrogens (tertiary/aromatic N) is 2. The first-order chi connectivity index (χ1) is 17.6. The lowest BCUT2D eigenvalue weighted by Crippen LogP contribution is -2.50. The molecule has 0 bridgehead atoms. The van der Waals surface area contributed by atoms with E-state index in [2.05, 4.69) is 5.32 Å². The molecule has 3 aromatic rings. The van der Waals surface area contributed by atoms with Crippen molar-refractivity contribution in [3.63, 3.8) is 0 Å². The number of rotatable bonds is 10. The summed E-state index contributed by atoms with van der Waals surface area (Å²) in [5.41, 5.74) is 0.970. The van der Waals surface area contributed by atoms with Crippen LogP contribution in [0.3, 0.4) is 0 Å². The first kappa shape index (κ1) is 28.3. The first-order valence-electron chi connectivity index (χ1n) is 11.2. The highest BCUT2D eigenvalue weighted by atomic mass is 35.5. The number of nitrogens with one attached hydrogen (secondary N) is 1. The van der Waals surface area contributed by atoms with Crippen LogP contribution in [-0.2, 0) is 26.2 Å². The molecule has 3 rings (SSSR count). The van der Waals surface area contributed by atoms with E-state index in [0.717, 1.165) is 9.87 Å². The number of anilines is 1. The summed E-state index contributed by atoms with van der Waals surface area (Å²) in [6.45, 7) is 1.10. The van der Waals surface area contributed by atoms with Gasteiger partial charge in [-0.25, -0.2) is 8.42 Å². The van der Waals surface area contributed by atoms with Crippen molar-refractivity contribution in [1.29, 1.82) is 0 Å². The van der Waals surface area contributed by atoms with E-state index in [1.165, 1.54) is 67.6 Å². The summed E-state index contributed by atoms with van der Waals surface area (Å²) in [7, 11) is -1.23. The number of carbonyl (C=O) groups excluding carboxylic acids is 2. The van der Waals surface area contributed by atoms with Crippen molar-refractivity contribution in [2.75, 3.05) is 25.0 Å². The predicted octanol–water partition coefficient (Wildman–Crippen LogP) is 4.36. The van der Waals surface area contributed by atoms with Crippen molar-refractivity contribution < 1.29 is 22.7 Å². The van der Waals surface area contributed by atoms with E-state index in [-0.39, 0.29) is 17.1 Å². The maximum Gasteiger partial charge on any atom is 0.264 e.